The van der Waals surface area contributed by atoms with Gasteiger partial charge in [0.15, 0.2) is 0 Å². The average molecular weight is 595 g/mol. The molecule has 2 aromatic carbocycles. The molecule has 0 saturated heterocycles. The first-order chi connectivity index (χ1) is 19.0. The minimum Gasteiger partial charge on any atom is -0.481 e. The Morgan fingerprint density at radius 3 is 2.49 bits per heavy atom. The summed E-state index contributed by atoms with van der Waals surface area (Å²) in [5.74, 6) is -0.904. The van der Waals surface area contributed by atoms with E-state index in [0.717, 1.165) is 26.7 Å². The number of halogens is 1. The molecule has 0 amide bonds. The van der Waals surface area contributed by atoms with E-state index in [2.05, 4.69) is 36.2 Å². The molecule has 4 aromatic rings. The maximum Gasteiger partial charge on any atom is 0.323 e. The predicted octanol–water partition coefficient (Wildman–Crippen LogP) is 4.00. The van der Waals surface area contributed by atoms with Crippen molar-refractivity contribution in [2.45, 2.75) is 25.8 Å². The molecule has 2 heterocycles. The van der Waals surface area contributed by atoms with Crippen molar-refractivity contribution in [3.8, 4) is 28.9 Å². The lowest BCUT2D eigenvalue weighted by Crippen LogP contribution is -2.39. The Balaban J connectivity index is 1.60. The number of aliphatic carboxylic acids is 1. The number of nitrogens with zero attached hydrogens (tertiary/aromatic N) is 3. The monoisotopic (exact) mass is 594 g/mol. The van der Waals surface area contributed by atoms with Crippen LogP contribution in [0.3, 0.4) is 0 Å². The predicted molar refractivity (Wildman–Crippen MR) is 146 cm³/mol. The van der Waals surface area contributed by atoms with Crippen LogP contribution >= 0.6 is 15.9 Å². The van der Waals surface area contributed by atoms with Crippen LogP contribution in [0.25, 0.3) is 11.1 Å². The van der Waals surface area contributed by atoms with E-state index in [0.29, 0.717) is 5.56 Å². The van der Waals surface area contributed by atoms with E-state index in [-0.39, 0.29) is 37.5 Å². The molecule has 0 bridgehead atoms. The largest absolute Gasteiger partial charge is 0.481 e. The number of hydrogen-bond acceptors (Lipinski definition) is 9. The molecule has 0 spiro atoms. The third-order valence-electron chi connectivity index (χ3n) is 5.73. The fraction of sp³-hybridized carbons (Fsp3) is 0.214. The standard InChI is InChI=1S/C28H27BrN4O6/c1-37-25-22(14-31-23(15-34)27(35)36)26(38-16-18-7-6-12-30-13-18)33-28(32-25)39-17-20-10-5-11-21(24(20)29)19-8-3-2-4-9-19/h2-13,23,31,34H,14-17H2,1H3,(H,35,36)/t23-/m0/s1. The van der Waals surface area contributed by atoms with Crippen molar-refractivity contribution < 1.29 is 29.2 Å². The molecule has 10 nitrogen and oxygen atoms in total. The molecule has 0 saturated carbocycles. The second kappa shape index (κ2) is 13.7. The molecule has 0 aliphatic rings. The van der Waals surface area contributed by atoms with Crippen LogP contribution in [0.4, 0.5) is 0 Å². The highest BCUT2D eigenvalue weighted by molar-refractivity contribution is 9.10. The normalized spacial score (nSPS) is 11.6. The molecule has 1 atom stereocenters. The van der Waals surface area contributed by atoms with Crippen molar-refractivity contribution in [2.75, 3.05) is 13.7 Å². The summed E-state index contributed by atoms with van der Waals surface area (Å²) >= 11 is 3.70. The second-order valence-corrected chi connectivity index (χ2v) is 9.13. The second-order valence-electron chi connectivity index (χ2n) is 8.34. The van der Waals surface area contributed by atoms with Gasteiger partial charge in [-0.15, -0.1) is 0 Å². The van der Waals surface area contributed by atoms with Crippen LogP contribution in [0.1, 0.15) is 16.7 Å². The quantitative estimate of drug-likeness (QED) is 0.208. The van der Waals surface area contributed by atoms with E-state index in [4.69, 9.17) is 14.2 Å². The fourth-order valence-electron chi connectivity index (χ4n) is 3.69. The maximum atomic E-state index is 11.4. The van der Waals surface area contributed by atoms with Gasteiger partial charge in [0, 0.05) is 34.5 Å². The summed E-state index contributed by atoms with van der Waals surface area (Å²) in [6, 6.07) is 18.4. The Morgan fingerprint density at radius 2 is 1.79 bits per heavy atom. The summed E-state index contributed by atoms with van der Waals surface area (Å²) in [4.78, 5) is 24.3. The van der Waals surface area contributed by atoms with E-state index in [1.807, 2.05) is 54.6 Å². The number of aliphatic hydroxyl groups is 1. The van der Waals surface area contributed by atoms with Crippen LogP contribution in [-0.4, -0.2) is 50.9 Å². The number of nitrogens with one attached hydrogen (secondary N) is 1. The highest BCUT2D eigenvalue weighted by Crippen LogP contribution is 2.32. The zero-order valence-electron chi connectivity index (χ0n) is 21.1. The molecule has 3 N–H and O–H groups in total. The number of aliphatic hydroxyl groups excluding tert-OH is 1. The minimum absolute atomic E-state index is 0.0192. The first kappa shape index (κ1) is 28.0. The van der Waals surface area contributed by atoms with Gasteiger partial charge in [-0.1, -0.05) is 54.6 Å². The molecule has 4 rings (SSSR count). The van der Waals surface area contributed by atoms with E-state index < -0.39 is 18.6 Å². The number of aromatic nitrogens is 3. The first-order valence-electron chi connectivity index (χ1n) is 12.0. The SMILES string of the molecule is COc1nc(OCc2cccc(-c3ccccc3)c2Br)nc(OCc2cccnc2)c1CN[C@@H](CO)C(=O)O. The third kappa shape index (κ3) is 7.29. The lowest BCUT2D eigenvalue weighted by atomic mass is 10.0. The van der Waals surface area contributed by atoms with Crippen LogP contribution in [0, 0.1) is 0 Å². The molecular weight excluding hydrogens is 568 g/mol. The van der Waals surface area contributed by atoms with Gasteiger partial charge in [0.05, 0.1) is 19.3 Å². The number of methoxy groups -OCH3 is 1. The smallest absolute Gasteiger partial charge is 0.323 e. The summed E-state index contributed by atoms with van der Waals surface area (Å²) in [6.45, 7) is -0.320. The van der Waals surface area contributed by atoms with Crippen molar-refractivity contribution in [1.29, 1.82) is 0 Å². The Bertz CT molecular complexity index is 1390. The molecule has 0 fully saturated rings. The molecule has 0 unspecified atom stereocenters. The molecular formula is C28H27BrN4O6. The number of pyridine rings is 1. The summed E-state index contributed by atoms with van der Waals surface area (Å²) in [5.41, 5.74) is 4.15. The van der Waals surface area contributed by atoms with Gasteiger partial charge in [0.25, 0.3) is 0 Å². The van der Waals surface area contributed by atoms with E-state index in [9.17, 15) is 15.0 Å². The van der Waals surface area contributed by atoms with Crippen molar-refractivity contribution in [2.24, 2.45) is 0 Å². The molecule has 11 heteroatoms. The van der Waals surface area contributed by atoms with Gasteiger partial charge < -0.3 is 24.4 Å². The number of carbonyl (C=O) groups is 1. The topological polar surface area (TPSA) is 136 Å². The number of carboxylic acids is 1. The Kier molecular flexibility index (Phi) is 9.79. The molecule has 0 aliphatic heterocycles. The van der Waals surface area contributed by atoms with Crippen molar-refractivity contribution in [1.82, 2.24) is 20.3 Å². The minimum atomic E-state index is -1.20. The van der Waals surface area contributed by atoms with Crippen molar-refractivity contribution in [3.05, 3.63) is 94.2 Å². The lowest BCUT2D eigenvalue weighted by Gasteiger charge is -2.17. The van der Waals surface area contributed by atoms with Gasteiger partial charge >= 0.3 is 12.0 Å². The Hall–Kier alpha value is -4.06. The number of benzene rings is 2. The number of carboxylic acid groups (broad SMARTS) is 1. The molecule has 0 radical (unpaired) electrons. The van der Waals surface area contributed by atoms with Gasteiger partial charge in [0.1, 0.15) is 19.3 Å². The van der Waals surface area contributed by atoms with E-state index in [1.165, 1.54) is 7.11 Å². The number of rotatable bonds is 13. The average Bonchev–Trinajstić information content (AvgIpc) is 2.97. The van der Waals surface area contributed by atoms with Gasteiger partial charge in [-0.05, 0) is 33.1 Å². The van der Waals surface area contributed by atoms with E-state index >= 15 is 0 Å². The Labute approximate surface area is 233 Å². The number of hydrogen-bond donors (Lipinski definition) is 3. The lowest BCUT2D eigenvalue weighted by molar-refractivity contribution is -0.140. The van der Waals surface area contributed by atoms with Crippen LogP contribution in [0.2, 0.25) is 0 Å². The highest BCUT2D eigenvalue weighted by atomic mass is 79.9. The molecule has 2 aromatic heterocycles. The number of ether oxygens (including phenoxy) is 3. The zero-order valence-corrected chi connectivity index (χ0v) is 22.7. The maximum absolute atomic E-state index is 11.4. The summed E-state index contributed by atoms with van der Waals surface area (Å²) in [6.07, 6.45) is 3.32. The highest BCUT2D eigenvalue weighted by Gasteiger charge is 2.22. The van der Waals surface area contributed by atoms with Crippen molar-refractivity contribution >= 4 is 21.9 Å². The van der Waals surface area contributed by atoms with Gasteiger partial charge in [-0.25, -0.2) is 0 Å². The first-order valence-corrected chi connectivity index (χ1v) is 12.8. The van der Waals surface area contributed by atoms with Crippen LogP contribution in [0.15, 0.2) is 77.5 Å². The van der Waals surface area contributed by atoms with Crippen LogP contribution < -0.4 is 19.5 Å². The molecule has 202 valence electrons. The molecule has 0 aliphatic carbocycles. The zero-order chi connectivity index (χ0) is 27.6. The van der Waals surface area contributed by atoms with Gasteiger partial charge in [0.2, 0.25) is 11.8 Å². The third-order valence-corrected chi connectivity index (χ3v) is 6.67. The summed E-state index contributed by atoms with van der Waals surface area (Å²) in [5, 5.41) is 21.4. The van der Waals surface area contributed by atoms with Gasteiger partial charge in [-0.2, -0.15) is 9.97 Å². The fourth-order valence-corrected chi connectivity index (χ4v) is 4.30. The van der Waals surface area contributed by atoms with Crippen LogP contribution in [0.5, 0.6) is 17.8 Å². The summed E-state index contributed by atoms with van der Waals surface area (Å²) in [7, 11) is 1.43. The van der Waals surface area contributed by atoms with Crippen molar-refractivity contribution in [3.63, 3.8) is 0 Å². The van der Waals surface area contributed by atoms with E-state index in [1.54, 1.807) is 18.5 Å². The van der Waals surface area contributed by atoms with Crippen LogP contribution in [-0.2, 0) is 24.6 Å². The van der Waals surface area contributed by atoms with Gasteiger partial charge in [-0.3, -0.25) is 15.1 Å². The molecule has 39 heavy (non-hydrogen) atoms. The Morgan fingerprint density at radius 1 is 1.00 bits per heavy atom. The summed E-state index contributed by atoms with van der Waals surface area (Å²) < 4.78 is 18.3.